The van der Waals surface area contributed by atoms with Gasteiger partial charge in [-0.15, -0.1) is 12.6 Å². The summed E-state index contributed by atoms with van der Waals surface area (Å²) in [6.07, 6.45) is 0. The lowest BCUT2D eigenvalue weighted by Crippen LogP contribution is -2.30. The lowest BCUT2D eigenvalue weighted by molar-refractivity contribution is 0.212. The Hall–Kier alpha value is -1.94. The van der Waals surface area contributed by atoms with Gasteiger partial charge in [0, 0.05) is 23.7 Å². The maximum atomic E-state index is 12.3. The third-order valence-corrected chi connectivity index (χ3v) is 4.16. The summed E-state index contributed by atoms with van der Waals surface area (Å²) in [7, 11) is 0. The normalized spacial score (nSPS) is 13.2. The van der Waals surface area contributed by atoms with E-state index in [4.69, 9.17) is 0 Å². The van der Waals surface area contributed by atoms with Gasteiger partial charge in [-0.05, 0) is 35.7 Å². The minimum Gasteiger partial charge on any atom is -0.316 e. The molecule has 0 radical (unpaired) electrons. The van der Waals surface area contributed by atoms with Gasteiger partial charge in [0.15, 0.2) is 0 Å². The Balaban J connectivity index is 1.74. The number of amides is 2. The molecule has 20 heavy (non-hydrogen) atoms. The molecule has 3 nitrogen and oxygen atoms in total. The van der Waals surface area contributed by atoms with Crippen molar-refractivity contribution in [2.75, 3.05) is 5.32 Å². The van der Waals surface area contributed by atoms with E-state index in [2.05, 4.69) is 30.1 Å². The number of anilines is 1. The van der Waals surface area contributed by atoms with Crippen molar-refractivity contribution in [2.24, 2.45) is 0 Å². The monoisotopic (exact) mass is 284 g/mol. The fourth-order valence-corrected chi connectivity index (χ4v) is 2.64. The van der Waals surface area contributed by atoms with E-state index < -0.39 is 0 Å². The van der Waals surface area contributed by atoms with Gasteiger partial charge >= 0.3 is 6.03 Å². The van der Waals surface area contributed by atoms with Crippen molar-refractivity contribution in [3.05, 3.63) is 59.2 Å². The van der Waals surface area contributed by atoms with Gasteiger partial charge in [0.25, 0.3) is 0 Å². The zero-order chi connectivity index (χ0) is 14.1. The van der Waals surface area contributed by atoms with Gasteiger partial charge < -0.3 is 10.2 Å². The lowest BCUT2D eigenvalue weighted by Gasteiger charge is -2.18. The van der Waals surface area contributed by atoms with E-state index in [1.807, 2.05) is 42.2 Å². The van der Waals surface area contributed by atoms with E-state index in [1.165, 1.54) is 11.1 Å². The minimum absolute atomic E-state index is 0.0665. The quantitative estimate of drug-likeness (QED) is 0.766. The summed E-state index contributed by atoms with van der Waals surface area (Å²) in [5.41, 5.74) is 4.25. The third-order valence-electron chi connectivity index (χ3n) is 3.67. The molecule has 2 amide bonds. The fourth-order valence-electron chi connectivity index (χ4n) is 2.43. The van der Waals surface area contributed by atoms with Crippen molar-refractivity contribution >= 4 is 24.3 Å². The van der Waals surface area contributed by atoms with Crippen molar-refractivity contribution < 1.29 is 4.79 Å². The molecule has 0 saturated carbocycles. The van der Waals surface area contributed by atoms with Crippen LogP contribution in [0.1, 0.15) is 16.7 Å². The SMILES string of the molecule is Cc1c(S)cccc1NC(=O)N1Cc2ccccc2C1. The average molecular weight is 284 g/mol. The molecule has 2 aromatic carbocycles. The van der Waals surface area contributed by atoms with Gasteiger partial charge in [0.1, 0.15) is 0 Å². The Bertz CT molecular complexity index is 644. The number of hydrogen-bond donors (Lipinski definition) is 2. The van der Waals surface area contributed by atoms with Crippen LogP contribution in [0.5, 0.6) is 0 Å². The number of fused-ring (bicyclic) bond motifs is 1. The molecule has 1 N–H and O–H groups in total. The summed E-state index contributed by atoms with van der Waals surface area (Å²) >= 11 is 4.38. The van der Waals surface area contributed by atoms with Crippen LogP contribution in [0.3, 0.4) is 0 Å². The van der Waals surface area contributed by atoms with Crippen LogP contribution in [0.4, 0.5) is 10.5 Å². The predicted molar refractivity (Wildman–Crippen MR) is 83.1 cm³/mol. The maximum Gasteiger partial charge on any atom is 0.322 e. The largest absolute Gasteiger partial charge is 0.322 e. The number of carbonyl (C=O) groups is 1. The van der Waals surface area contributed by atoms with Crippen molar-refractivity contribution in [1.29, 1.82) is 0 Å². The molecule has 3 rings (SSSR count). The number of carbonyl (C=O) groups excluding carboxylic acids is 1. The van der Waals surface area contributed by atoms with Gasteiger partial charge in [-0.25, -0.2) is 4.79 Å². The van der Waals surface area contributed by atoms with Crippen molar-refractivity contribution in [3.8, 4) is 0 Å². The maximum absolute atomic E-state index is 12.3. The molecule has 0 aromatic heterocycles. The molecular formula is C16H16N2OS. The van der Waals surface area contributed by atoms with Crippen molar-refractivity contribution in [2.45, 2.75) is 24.9 Å². The van der Waals surface area contributed by atoms with E-state index in [0.717, 1.165) is 16.1 Å². The number of urea groups is 1. The van der Waals surface area contributed by atoms with Gasteiger partial charge in [-0.1, -0.05) is 30.3 Å². The number of nitrogens with one attached hydrogen (secondary N) is 1. The molecule has 102 valence electrons. The second-order valence-corrected chi connectivity index (χ2v) is 5.49. The van der Waals surface area contributed by atoms with E-state index in [9.17, 15) is 4.79 Å². The standard InChI is InChI=1S/C16H16N2OS/c1-11-14(7-4-8-15(11)20)17-16(19)18-9-12-5-2-3-6-13(12)10-18/h2-8,20H,9-10H2,1H3,(H,17,19). The van der Waals surface area contributed by atoms with Crippen LogP contribution in [0.25, 0.3) is 0 Å². The molecule has 0 aliphatic carbocycles. The van der Waals surface area contributed by atoms with Crippen LogP contribution >= 0.6 is 12.6 Å². The fraction of sp³-hybridized carbons (Fsp3) is 0.188. The molecule has 0 saturated heterocycles. The van der Waals surface area contributed by atoms with Gasteiger partial charge in [-0.3, -0.25) is 0 Å². The van der Waals surface area contributed by atoms with Crippen molar-refractivity contribution in [3.63, 3.8) is 0 Å². The highest BCUT2D eigenvalue weighted by Gasteiger charge is 2.23. The second-order valence-electron chi connectivity index (χ2n) is 5.00. The first-order chi connectivity index (χ1) is 9.65. The van der Waals surface area contributed by atoms with Crippen LogP contribution < -0.4 is 5.32 Å². The first-order valence-electron chi connectivity index (χ1n) is 6.56. The first kappa shape index (κ1) is 13.1. The summed E-state index contributed by atoms with van der Waals surface area (Å²) in [5.74, 6) is 0. The zero-order valence-electron chi connectivity index (χ0n) is 11.3. The molecule has 0 bridgehead atoms. The number of rotatable bonds is 1. The van der Waals surface area contributed by atoms with Crippen LogP contribution in [-0.2, 0) is 13.1 Å². The number of thiol groups is 1. The van der Waals surface area contributed by atoms with E-state index in [0.29, 0.717) is 13.1 Å². The van der Waals surface area contributed by atoms with Crippen LogP contribution in [-0.4, -0.2) is 10.9 Å². The summed E-state index contributed by atoms with van der Waals surface area (Å²) in [5, 5.41) is 2.97. The highest BCUT2D eigenvalue weighted by atomic mass is 32.1. The molecule has 0 unspecified atom stereocenters. The molecular weight excluding hydrogens is 268 g/mol. The Morgan fingerprint density at radius 1 is 1.10 bits per heavy atom. The molecule has 1 heterocycles. The second kappa shape index (κ2) is 5.21. The lowest BCUT2D eigenvalue weighted by atomic mass is 10.1. The average Bonchev–Trinajstić information content (AvgIpc) is 2.88. The van der Waals surface area contributed by atoms with Gasteiger partial charge in [0.2, 0.25) is 0 Å². The summed E-state index contributed by atoms with van der Waals surface area (Å²) in [6.45, 7) is 3.29. The first-order valence-corrected chi connectivity index (χ1v) is 7.01. The third kappa shape index (κ3) is 2.39. The number of nitrogens with zero attached hydrogens (tertiary/aromatic N) is 1. The van der Waals surface area contributed by atoms with Crippen LogP contribution in [0, 0.1) is 6.92 Å². The molecule has 4 heteroatoms. The Kier molecular flexibility index (Phi) is 3.40. The van der Waals surface area contributed by atoms with Crippen LogP contribution in [0.2, 0.25) is 0 Å². The predicted octanol–water partition coefficient (Wildman–Crippen LogP) is 3.83. The molecule has 0 fully saturated rings. The van der Waals surface area contributed by atoms with Crippen LogP contribution in [0.15, 0.2) is 47.4 Å². The smallest absolute Gasteiger partial charge is 0.316 e. The van der Waals surface area contributed by atoms with E-state index in [1.54, 1.807) is 0 Å². The molecule has 0 atom stereocenters. The zero-order valence-corrected chi connectivity index (χ0v) is 12.2. The highest BCUT2D eigenvalue weighted by Crippen LogP contribution is 2.25. The summed E-state index contributed by atoms with van der Waals surface area (Å²) in [6, 6.07) is 13.8. The molecule has 1 aliphatic heterocycles. The van der Waals surface area contributed by atoms with Gasteiger partial charge in [0.05, 0.1) is 0 Å². The topological polar surface area (TPSA) is 32.3 Å². The summed E-state index contributed by atoms with van der Waals surface area (Å²) in [4.78, 5) is 15.0. The van der Waals surface area contributed by atoms with E-state index >= 15 is 0 Å². The Morgan fingerprint density at radius 2 is 1.75 bits per heavy atom. The number of benzene rings is 2. The molecule has 2 aromatic rings. The van der Waals surface area contributed by atoms with Gasteiger partial charge in [-0.2, -0.15) is 0 Å². The Labute approximate surface area is 124 Å². The Morgan fingerprint density at radius 3 is 2.40 bits per heavy atom. The molecule has 1 aliphatic rings. The molecule has 0 spiro atoms. The van der Waals surface area contributed by atoms with E-state index in [-0.39, 0.29) is 6.03 Å². The summed E-state index contributed by atoms with van der Waals surface area (Å²) < 4.78 is 0. The number of hydrogen-bond acceptors (Lipinski definition) is 2. The van der Waals surface area contributed by atoms with Crippen molar-refractivity contribution in [1.82, 2.24) is 4.90 Å². The highest BCUT2D eigenvalue weighted by molar-refractivity contribution is 7.80. The minimum atomic E-state index is -0.0665.